The summed E-state index contributed by atoms with van der Waals surface area (Å²) in [5.74, 6) is 0. The molecule has 0 bridgehead atoms. The van der Waals surface area contributed by atoms with Gasteiger partial charge in [-0.25, -0.2) is 13.5 Å². The molecule has 19 heavy (non-hydrogen) atoms. The normalized spacial score (nSPS) is 19.4. The molecule has 0 radical (unpaired) electrons. The van der Waals surface area contributed by atoms with Crippen LogP contribution in [0.25, 0.3) is 0 Å². The highest BCUT2D eigenvalue weighted by molar-refractivity contribution is 6.24. The molecular weight excluding hydrogens is 321 g/mol. The fraction of sp³-hybridized carbons (Fsp3) is 0.600. The van der Waals surface area contributed by atoms with E-state index in [-0.39, 0.29) is 0 Å². The topological polar surface area (TPSA) is 9.23 Å². The molecule has 0 aromatic carbocycles. The van der Waals surface area contributed by atoms with Gasteiger partial charge >= 0.3 is 12.2 Å². The van der Waals surface area contributed by atoms with Gasteiger partial charge in [0, 0.05) is 12.8 Å². The fourth-order valence-electron chi connectivity index (χ4n) is 0.911. The van der Waals surface area contributed by atoms with Crippen LogP contribution in [0.1, 0.15) is 12.8 Å². The highest BCUT2D eigenvalue weighted by Gasteiger charge is 2.65. The Morgan fingerprint density at radius 2 is 1.05 bits per heavy atom. The van der Waals surface area contributed by atoms with E-state index in [0.29, 0.717) is 12.2 Å². The molecule has 9 heteroatoms. The number of hydrogen-bond acceptors (Lipinski definition) is 1. The number of rotatable bonds is 8. The van der Waals surface area contributed by atoms with E-state index in [9.17, 15) is 26.3 Å². The molecule has 0 amide bonds. The standard InChI is InChI=1S/C10H10Cl2F6O/c1-3-5-7(11,13)9(15,16)19-10(17,18)8(12,14)6-4-2/h3-4H,1-2,5-6H2/t7-,8-/m1/s1. The zero-order valence-electron chi connectivity index (χ0n) is 9.42. The van der Waals surface area contributed by atoms with Crippen LogP contribution in [-0.2, 0) is 4.74 Å². The van der Waals surface area contributed by atoms with Crippen molar-refractivity contribution in [3.8, 4) is 0 Å². The highest BCUT2D eigenvalue weighted by Crippen LogP contribution is 2.48. The van der Waals surface area contributed by atoms with Crippen molar-refractivity contribution >= 4 is 23.2 Å². The maximum Gasteiger partial charge on any atom is 0.408 e. The monoisotopic (exact) mass is 330 g/mol. The largest absolute Gasteiger partial charge is 0.408 e. The average molecular weight is 331 g/mol. The van der Waals surface area contributed by atoms with Crippen LogP contribution in [0.5, 0.6) is 0 Å². The molecule has 0 aromatic rings. The van der Waals surface area contributed by atoms with Crippen LogP contribution in [0, 0.1) is 0 Å². The molecule has 0 spiro atoms. The van der Waals surface area contributed by atoms with Gasteiger partial charge in [-0.1, -0.05) is 35.4 Å². The molecule has 0 rings (SSSR count). The Hall–Kier alpha value is -0.400. The number of halogens is 8. The van der Waals surface area contributed by atoms with Crippen LogP contribution < -0.4 is 0 Å². The summed E-state index contributed by atoms with van der Waals surface area (Å²) in [5, 5.41) is -8.03. The lowest BCUT2D eigenvalue weighted by atomic mass is 10.2. The molecule has 0 aliphatic rings. The Labute approximate surface area is 115 Å². The zero-order chi connectivity index (χ0) is 15.5. The van der Waals surface area contributed by atoms with Gasteiger partial charge in [-0.3, -0.25) is 0 Å². The summed E-state index contributed by atoms with van der Waals surface area (Å²) in [6.45, 7) is 5.84. The van der Waals surface area contributed by atoms with Crippen molar-refractivity contribution < 1.29 is 31.1 Å². The summed E-state index contributed by atoms with van der Waals surface area (Å²) in [7, 11) is 0. The van der Waals surface area contributed by atoms with Crippen molar-refractivity contribution in [1.29, 1.82) is 0 Å². The molecule has 112 valence electrons. The second-order valence-corrected chi connectivity index (χ2v) is 4.73. The van der Waals surface area contributed by atoms with Crippen molar-refractivity contribution in [2.24, 2.45) is 0 Å². The molecule has 0 unspecified atom stereocenters. The lowest BCUT2D eigenvalue weighted by Crippen LogP contribution is -2.52. The number of alkyl halides is 8. The van der Waals surface area contributed by atoms with Gasteiger partial charge in [0.25, 0.3) is 10.3 Å². The Morgan fingerprint density at radius 3 is 1.26 bits per heavy atom. The maximum absolute atomic E-state index is 13.3. The quantitative estimate of drug-likeness (QED) is 0.340. The summed E-state index contributed by atoms with van der Waals surface area (Å²) >= 11 is 9.46. The minimum Gasteiger partial charge on any atom is -0.248 e. The molecule has 2 atom stereocenters. The summed E-state index contributed by atoms with van der Waals surface area (Å²) in [6.07, 6.45) is -11.6. The fourth-order valence-corrected chi connectivity index (χ4v) is 1.21. The molecule has 0 aliphatic carbocycles. The summed E-state index contributed by atoms with van der Waals surface area (Å²) in [4.78, 5) is 0. The third kappa shape index (κ3) is 4.29. The Bertz CT molecular complexity index is 311. The first-order valence-electron chi connectivity index (χ1n) is 4.76. The smallest absolute Gasteiger partial charge is 0.248 e. The molecule has 0 aromatic heterocycles. The molecule has 0 saturated heterocycles. The maximum atomic E-state index is 13.3. The molecule has 0 fully saturated rings. The van der Waals surface area contributed by atoms with Gasteiger partial charge in [0.1, 0.15) is 0 Å². The van der Waals surface area contributed by atoms with E-state index in [1.54, 1.807) is 0 Å². The molecule has 0 saturated carbocycles. The van der Waals surface area contributed by atoms with E-state index < -0.39 is 35.3 Å². The molecule has 0 N–H and O–H groups in total. The SMILES string of the molecule is C=CC[C@](F)(Cl)C(F)(F)OC(F)(F)[C@@](F)(Cl)CC=C. The minimum absolute atomic E-state index is 0.621. The lowest BCUT2D eigenvalue weighted by Gasteiger charge is -2.33. The van der Waals surface area contributed by atoms with Crippen LogP contribution >= 0.6 is 23.2 Å². The van der Waals surface area contributed by atoms with Gasteiger partial charge in [0.2, 0.25) is 0 Å². The van der Waals surface area contributed by atoms with Crippen molar-refractivity contribution in [1.82, 2.24) is 0 Å². The first-order chi connectivity index (χ1) is 8.33. The molecule has 0 heterocycles. The Kier molecular flexibility index (Phi) is 5.80. The Balaban J connectivity index is 5.19. The minimum atomic E-state index is -5.19. The van der Waals surface area contributed by atoms with Crippen LogP contribution in [0.3, 0.4) is 0 Å². The van der Waals surface area contributed by atoms with Crippen LogP contribution in [0.4, 0.5) is 26.3 Å². The summed E-state index contributed by atoms with van der Waals surface area (Å²) in [5.41, 5.74) is 0. The van der Waals surface area contributed by atoms with Gasteiger partial charge in [-0.05, 0) is 0 Å². The third-order valence-corrected chi connectivity index (χ3v) is 2.66. The predicted octanol–water partition coefficient (Wildman–Crippen LogP) is 5.15. The summed E-state index contributed by atoms with van der Waals surface area (Å²) < 4.78 is 82.0. The van der Waals surface area contributed by atoms with E-state index in [2.05, 4.69) is 17.9 Å². The second-order valence-electron chi connectivity index (χ2n) is 3.53. The molecular formula is C10H10Cl2F6O. The van der Waals surface area contributed by atoms with E-state index in [4.69, 9.17) is 23.2 Å². The molecule has 1 nitrogen and oxygen atoms in total. The number of ether oxygens (including phenoxy) is 1. The van der Waals surface area contributed by atoms with Crippen molar-refractivity contribution in [3.05, 3.63) is 25.3 Å². The lowest BCUT2D eigenvalue weighted by molar-refractivity contribution is -0.417. The molecule has 0 aliphatic heterocycles. The first kappa shape index (κ1) is 18.6. The zero-order valence-corrected chi connectivity index (χ0v) is 10.9. The average Bonchev–Trinajstić information content (AvgIpc) is 2.14. The van der Waals surface area contributed by atoms with Crippen LogP contribution in [0.15, 0.2) is 25.3 Å². The number of allylic oxidation sites excluding steroid dienone is 2. The van der Waals surface area contributed by atoms with E-state index in [1.807, 2.05) is 0 Å². The van der Waals surface area contributed by atoms with E-state index in [0.717, 1.165) is 0 Å². The highest BCUT2D eigenvalue weighted by atomic mass is 35.5. The predicted molar refractivity (Wildman–Crippen MR) is 60.0 cm³/mol. The van der Waals surface area contributed by atoms with Crippen molar-refractivity contribution in [2.45, 2.75) is 35.3 Å². The summed E-state index contributed by atoms with van der Waals surface area (Å²) in [6, 6.07) is 0. The first-order valence-corrected chi connectivity index (χ1v) is 5.52. The van der Waals surface area contributed by atoms with Crippen molar-refractivity contribution in [2.75, 3.05) is 0 Å². The van der Waals surface area contributed by atoms with E-state index >= 15 is 0 Å². The van der Waals surface area contributed by atoms with Crippen molar-refractivity contribution in [3.63, 3.8) is 0 Å². The van der Waals surface area contributed by atoms with Gasteiger partial charge in [-0.15, -0.1) is 13.2 Å². The second kappa shape index (κ2) is 5.93. The van der Waals surface area contributed by atoms with Gasteiger partial charge in [-0.2, -0.15) is 17.6 Å². The van der Waals surface area contributed by atoms with Crippen LogP contribution in [0.2, 0.25) is 0 Å². The van der Waals surface area contributed by atoms with Gasteiger partial charge < -0.3 is 0 Å². The van der Waals surface area contributed by atoms with E-state index in [1.165, 1.54) is 0 Å². The third-order valence-electron chi connectivity index (χ3n) is 1.91. The van der Waals surface area contributed by atoms with Gasteiger partial charge in [0.05, 0.1) is 0 Å². The Morgan fingerprint density at radius 1 is 0.789 bits per heavy atom. The van der Waals surface area contributed by atoms with Gasteiger partial charge in [0.15, 0.2) is 0 Å². The number of hydrogen-bond donors (Lipinski definition) is 0. The van der Waals surface area contributed by atoms with Crippen LogP contribution in [-0.4, -0.2) is 22.5 Å².